The third-order valence-corrected chi connectivity index (χ3v) is 3.71. The fourth-order valence-corrected chi connectivity index (χ4v) is 2.45. The lowest BCUT2D eigenvalue weighted by molar-refractivity contribution is -0.138. The van der Waals surface area contributed by atoms with E-state index in [0.717, 1.165) is 5.56 Å². The molecule has 2 aromatic rings. The first-order valence-corrected chi connectivity index (χ1v) is 7.00. The first-order valence-electron chi connectivity index (χ1n) is 6.18. The first-order chi connectivity index (χ1) is 9.91. The number of hydrogen-bond donors (Lipinski definition) is 1. The Hall–Kier alpha value is -1.96. The Labute approximate surface area is 123 Å². The second-order valence-electron chi connectivity index (χ2n) is 4.27. The average Bonchev–Trinajstić information content (AvgIpc) is 2.89. The van der Waals surface area contributed by atoms with Gasteiger partial charge in [0.15, 0.2) is 0 Å². The number of aromatic nitrogens is 2. The number of carbonyl (C=O) groups is 1. The van der Waals surface area contributed by atoms with Crippen LogP contribution >= 0.6 is 11.3 Å². The maximum Gasteiger partial charge on any atom is 0.445 e. The topological polar surface area (TPSA) is 54.9 Å². The van der Waals surface area contributed by atoms with Gasteiger partial charge in [-0.15, -0.1) is 10.2 Å². The third-order valence-electron chi connectivity index (χ3n) is 2.82. The van der Waals surface area contributed by atoms with Gasteiger partial charge in [-0.3, -0.25) is 10.1 Å². The number of alkyl halides is 3. The van der Waals surface area contributed by atoms with Gasteiger partial charge in [0.1, 0.15) is 0 Å². The van der Waals surface area contributed by atoms with Crippen molar-refractivity contribution in [2.45, 2.75) is 25.4 Å². The molecular weight excluding hydrogens is 303 g/mol. The molecule has 0 saturated heterocycles. The molecule has 1 aromatic carbocycles. The summed E-state index contributed by atoms with van der Waals surface area (Å²) < 4.78 is 37.3. The van der Waals surface area contributed by atoms with E-state index in [1.54, 1.807) is 24.3 Å². The van der Waals surface area contributed by atoms with Crippen molar-refractivity contribution in [2.75, 3.05) is 5.32 Å². The summed E-state index contributed by atoms with van der Waals surface area (Å²) in [6.45, 7) is 1.83. The van der Waals surface area contributed by atoms with E-state index in [4.69, 9.17) is 0 Å². The molecule has 0 unspecified atom stereocenters. The highest BCUT2D eigenvalue weighted by Gasteiger charge is 2.36. The van der Waals surface area contributed by atoms with Crippen molar-refractivity contribution in [1.82, 2.24) is 10.2 Å². The van der Waals surface area contributed by atoms with Crippen molar-refractivity contribution in [2.24, 2.45) is 0 Å². The third kappa shape index (κ3) is 3.78. The zero-order valence-corrected chi connectivity index (χ0v) is 11.8. The van der Waals surface area contributed by atoms with Gasteiger partial charge in [-0.1, -0.05) is 48.6 Å². The van der Waals surface area contributed by atoms with Gasteiger partial charge >= 0.3 is 6.18 Å². The molecule has 0 spiro atoms. The summed E-state index contributed by atoms with van der Waals surface area (Å²) in [6.07, 6.45) is -4.02. The lowest BCUT2D eigenvalue weighted by atomic mass is 9.96. The van der Waals surface area contributed by atoms with Crippen LogP contribution in [0.5, 0.6) is 0 Å². The Morgan fingerprint density at radius 2 is 1.95 bits per heavy atom. The van der Waals surface area contributed by atoms with Crippen LogP contribution in [0.25, 0.3) is 0 Å². The maximum absolute atomic E-state index is 12.4. The molecule has 1 heterocycles. The predicted octanol–water partition coefficient (Wildman–Crippen LogP) is 3.69. The number of anilines is 1. The van der Waals surface area contributed by atoms with Gasteiger partial charge in [0.25, 0.3) is 0 Å². The van der Waals surface area contributed by atoms with Crippen LogP contribution in [-0.4, -0.2) is 16.1 Å². The highest BCUT2D eigenvalue weighted by atomic mass is 32.1. The monoisotopic (exact) mass is 315 g/mol. The molecule has 21 heavy (non-hydrogen) atoms. The Bertz CT molecular complexity index is 613. The van der Waals surface area contributed by atoms with E-state index in [1.165, 1.54) is 0 Å². The highest BCUT2D eigenvalue weighted by molar-refractivity contribution is 7.15. The fourth-order valence-electron chi connectivity index (χ4n) is 1.84. The summed E-state index contributed by atoms with van der Waals surface area (Å²) in [4.78, 5) is 12.1. The Morgan fingerprint density at radius 3 is 2.48 bits per heavy atom. The molecule has 1 atom stereocenters. The molecule has 0 bridgehead atoms. The molecule has 0 aliphatic heterocycles. The van der Waals surface area contributed by atoms with Crippen molar-refractivity contribution in [3.8, 4) is 0 Å². The molecule has 0 saturated carbocycles. The second kappa shape index (κ2) is 6.21. The highest BCUT2D eigenvalue weighted by Crippen LogP contribution is 2.33. The molecule has 4 nitrogen and oxygen atoms in total. The molecule has 0 fully saturated rings. The molecule has 1 N–H and O–H groups in total. The molecule has 1 aromatic heterocycles. The van der Waals surface area contributed by atoms with Crippen molar-refractivity contribution < 1.29 is 18.0 Å². The molecule has 2 rings (SSSR count). The van der Waals surface area contributed by atoms with E-state index in [1.807, 2.05) is 13.0 Å². The second-order valence-corrected chi connectivity index (χ2v) is 5.25. The maximum atomic E-state index is 12.4. The van der Waals surface area contributed by atoms with Crippen LogP contribution in [-0.2, 0) is 11.0 Å². The van der Waals surface area contributed by atoms with E-state index < -0.39 is 23.0 Å². The van der Waals surface area contributed by atoms with Gasteiger partial charge in [0.2, 0.25) is 16.0 Å². The summed E-state index contributed by atoms with van der Waals surface area (Å²) in [7, 11) is 0. The van der Waals surface area contributed by atoms with E-state index >= 15 is 0 Å². The van der Waals surface area contributed by atoms with Crippen LogP contribution in [0.15, 0.2) is 30.3 Å². The lowest BCUT2D eigenvalue weighted by Crippen LogP contribution is -2.20. The number of nitrogens with zero attached hydrogens (tertiary/aromatic N) is 2. The van der Waals surface area contributed by atoms with E-state index in [9.17, 15) is 18.0 Å². The zero-order chi connectivity index (χ0) is 15.5. The van der Waals surface area contributed by atoms with Gasteiger partial charge in [-0.2, -0.15) is 13.2 Å². The lowest BCUT2D eigenvalue weighted by Gasteiger charge is -2.13. The fraction of sp³-hybridized carbons (Fsp3) is 0.308. The van der Waals surface area contributed by atoms with E-state index in [0.29, 0.717) is 17.8 Å². The SMILES string of the molecule is CC[C@@H](C(=O)Nc1nnc(C(F)(F)F)s1)c1ccccc1. The number of benzene rings is 1. The van der Waals surface area contributed by atoms with Crippen LogP contribution in [0, 0.1) is 0 Å². The normalized spacial score (nSPS) is 13.0. The molecule has 1 amide bonds. The van der Waals surface area contributed by atoms with Gasteiger partial charge in [-0.25, -0.2) is 0 Å². The number of carbonyl (C=O) groups excluding carboxylic acids is 1. The van der Waals surface area contributed by atoms with Gasteiger partial charge in [-0.05, 0) is 12.0 Å². The summed E-state index contributed by atoms with van der Waals surface area (Å²) in [6, 6.07) is 9.04. The Balaban J connectivity index is 2.11. The van der Waals surface area contributed by atoms with Crippen molar-refractivity contribution >= 4 is 22.4 Å². The molecule has 112 valence electrons. The first kappa shape index (κ1) is 15.4. The van der Waals surface area contributed by atoms with Crippen LogP contribution in [0.4, 0.5) is 18.3 Å². The quantitative estimate of drug-likeness (QED) is 0.936. The Kier molecular flexibility index (Phi) is 4.56. The van der Waals surface area contributed by atoms with Crippen LogP contribution < -0.4 is 5.32 Å². The summed E-state index contributed by atoms with van der Waals surface area (Å²) in [5.74, 6) is -0.835. The van der Waals surface area contributed by atoms with Crippen molar-refractivity contribution in [1.29, 1.82) is 0 Å². The largest absolute Gasteiger partial charge is 0.445 e. The Morgan fingerprint density at radius 1 is 1.29 bits per heavy atom. The molecule has 8 heteroatoms. The molecular formula is C13H12F3N3OS. The number of hydrogen-bond acceptors (Lipinski definition) is 4. The van der Waals surface area contributed by atoms with Crippen molar-refractivity contribution in [3.63, 3.8) is 0 Å². The van der Waals surface area contributed by atoms with Crippen LogP contribution in [0.2, 0.25) is 0 Å². The van der Waals surface area contributed by atoms with Gasteiger partial charge in [0.05, 0.1) is 5.92 Å². The van der Waals surface area contributed by atoms with Gasteiger partial charge in [0, 0.05) is 0 Å². The molecule has 0 aliphatic rings. The minimum absolute atomic E-state index is 0.151. The minimum Gasteiger partial charge on any atom is -0.300 e. The van der Waals surface area contributed by atoms with Crippen LogP contribution in [0.3, 0.4) is 0 Å². The van der Waals surface area contributed by atoms with E-state index in [2.05, 4.69) is 15.5 Å². The summed E-state index contributed by atoms with van der Waals surface area (Å²) >= 11 is 0.312. The molecule has 0 aliphatic carbocycles. The summed E-state index contributed by atoms with van der Waals surface area (Å²) in [5, 5.41) is 7.54. The number of nitrogens with one attached hydrogen (secondary N) is 1. The smallest absolute Gasteiger partial charge is 0.300 e. The average molecular weight is 315 g/mol. The predicted molar refractivity (Wildman–Crippen MR) is 73.0 cm³/mol. The van der Waals surface area contributed by atoms with Crippen molar-refractivity contribution in [3.05, 3.63) is 40.9 Å². The summed E-state index contributed by atoms with van der Waals surface area (Å²) in [5.41, 5.74) is 0.804. The molecule has 0 radical (unpaired) electrons. The number of rotatable bonds is 4. The van der Waals surface area contributed by atoms with Crippen LogP contribution in [0.1, 0.15) is 29.8 Å². The van der Waals surface area contributed by atoms with Gasteiger partial charge < -0.3 is 0 Å². The zero-order valence-electron chi connectivity index (χ0n) is 11.0. The van der Waals surface area contributed by atoms with E-state index in [-0.39, 0.29) is 5.13 Å². The number of halogens is 3. The number of amides is 1. The minimum atomic E-state index is -4.55. The standard InChI is InChI=1S/C13H12F3N3OS/c1-2-9(8-6-4-3-5-7-8)10(20)17-12-19-18-11(21-12)13(14,15)16/h3-7,9H,2H2,1H3,(H,17,19,20)/t9-/m1/s1.